The van der Waals surface area contributed by atoms with Crippen LogP contribution < -0.4 is 4.74 Å². The van der Waals surface area contributed by atoms with Crippen molar-refractivity contribution in [3.05, 3.63) is 64.8 Å². The molecule has 0 radical (unpaired) electrons. The van der Waals surface area contributed by atoms with Crippen LogP contribution in [0.4, 0.5) is 0 Å². The van der Waals surface area contributed by atoms with Crippen molar-refractivity contribution < 1.29 is 9.53 Å². The molecule has 4 aromatic rings. The first-order valence-corrected chi connectivity index (χ1v) is 9.59. The molecule has 0 atom stereocenters. The summed E-state index contributed by atoms with van der Waals surface area (Å²) in [7, 11) is 0. The summed E-state index contributed by atoms with van der Waals surface area (Å²) in [5, 5.41) is 0.997. The molecule has 27 heavy (non-hydrogen) atoms. The van der Waals surface area contributed by atoms with E-state index in [-0.39, 0.29) is 0 Å². The van der Waals surface area contributed by atoms with Gasteiger partial charge in [-0.15, -0.1) is 11.3 Å². The van der Waals surface area contributed by atoms with Crippen molar-refractivity contribution in [1.82, 2.24) is 15.0 Å². The van der Waals surface area contributed by atoms with E-state index >= 15 is 0 Å². The molecule has 0 amide bonds. The second-order valence-electron chi connectivity index (χ2n) is 6.42. The maximum absolute atomic E-state index is 11.1. The highest BCUT2D eigenvalue weighted by molar-refractivity contribution is 7.19. The molecular formula is C21H15N3O2S. The zero-order valence-electron chi connectivity index (χ0n) is 14.4. The van der Waals surface area contributed by atoms with Crippen molar-refractivity contribution >= 4 is 27.8 Å². The van der Waals surface area contributed by atoms with Gasteiger partial charge in [-0.1, -0.05) is 12.1 Å². The Morgan fingerprint density at radius 1 is 1.11 bits per heavy atom. The number of aryl methyl sites for hydroxylation is 2. The summed E-state index contributed by atoms with van der Waals surface area (Å²) in [4.78, 5) is 27.1. The van der Waals surface area contributed by atoms with Crippen molar-refractivity contribution in [1.29, 1.82) is 0 Å². The normalized spacial score (nSPS) is 12.9. The zero-order valence-corrected chi connectivity index (χ0v) is 15.2. The molecule has 0 bridgehead atoms. The molecule has 1 aromatic carbocycles. The van der Waals surface area contributed by atoms with Crippen molar-refractivity contribution in [3.63, 3.8) is 0 Å². The number of ether oxygens (including phenoxy) is 1. The number of hydrogen-bond acceptors (Lipinski definition) is 6. The van der Waals surface area contributed by atoms with Gasteiger partial charge in [0.15, 0.2) is 5.82 Å². The minimum Gasteiger partial charge on any atom is -0.438 e. The molecule has 0 saturated carbocycles. The number of aromatic nitrogens is 3. The third-order valence-corrected chi connectivity index (χ3v) is 5.85. The maximum atomic E-state index is 11.1. The molecular weight excluding hydrogens is 358 g/mol. The number of hydrogen-bond donors (Lipinski definition) is 0. The fourth-order valence-electron chi connectivity index (χ4n) is 3.42. The van der Waals surface area contributed by atoms with E-state index in [4.69, 9.17) is 14.7 Å². The van der Waals surface area contributed by atoms with Crippen LogP contribution in [0.25, 0.3) is 21.6 Å². The van der Waals surface area contributed by atoms with Crippen LogP contribution in [0.5, 0.6) is 11.6 Å². The van der Waals surface area contributed by atoms with Gasteiger partial charge in [0.05, 0.1) is 5.39 Å². The molecule has 3 heterocycles. The second-order valence-corrected chi connectivity index (χ2v) is 7.51. The van der Waals surface area contributed by atoms with Gasteiger partial charge in [0.1, 0.15) is 16.9 Å². The number of aldehydes is 1. The molecule has 5 nitrogen and oxygen atoms in total. The molecule has 6 heteroatoms. The molecule has 5 rings (SSSR count). The van der Waals surface area contributed by atoms with Crippen LogP contribution in [0.1, 0.15) is 27.2 Å². The molecule has 1 aliphatic carbocycles. The van der Waals surface area contributed by atoms with Crippen LogP contribution in [-0.2, 0) is 12.8 Å². The fraction of sp³-hybridized carbons (Fsp3) is 0.143. The summed E-state index contributed by atoms with van der Waals surface area (Å²) < 4.78 is 6.16. The van der Waals surface area contributed by atoms with Gasteiger partial charge >= 0.3 is 0 Å². The molecule has 0 saturated heterocycles. The molecule has 0 spiro atoms. The number of rotatable bonds is 4. The summed E-state index contributed by atoms with van der Waals surface area (Å²) in [6, 6.07) is 10.9. The lowest BCUT2D eigenvalue weighted by Crippen LogP contribution is -1.96. The molecule has 3 aromatic heterocycles. The highest BCUT2D eigenvalue weighted by Gasteiger charge is 2.24. The Labute approximate surface area is 159 Å². The Balaban J connectivity index is 1.69. The van der Waals surface area contributed by atoms with Gasteiger partial charge in [-0.2, -0.15) is 4.98 Å². The van der Waals surface area contributed by atoms with Crippen LogP contribution in [0.15, 0.2) is 48.8 Å². The summed E-state index contributed by atoms with van der Waals surface area (Å²) >= 11 is 1.72. The third-order valence-electron chi connectivity index (χ3n) is 4.66. The van der Waals surface area contributed by atoms with E-state index in [1.54, 1.807) is 41.9 Å². The third kappa shape index (κ3) is 2.88. The van der Waals surface area contributed by atoms with E-state index in [0.717, 1.165) is 41.3 Å². The highest BCUT2D eigenvalue weighted by Crippen LogP contribution is 2.42. The number of nitrogens with zero attached hydrogens (tertiary/aromatic N) is 3. The fourth-order valence-corrected chi connectivity index (χ4v) is 4.68. The average molecular weight is 373 g/mol. The first-order valence-electron chi connectivity index (χ1n) is 8.77. The topological polar surface area (TPSA) is 65.0 Å². The molecule has 0 fully saturated rings. The van der Waals surface area contributed by atoms with Crippen LogP contribution >= 0.6 is 11.3 Å². The Morgan fingerprint density at radius 2 is 2.07 bits per heavy atom. The van der Waals surface area contributed by atoms with Crippen LogP contribution in [0.2, 0.25) is 0 Å². The van der Waals surface area contributed by atoms with E-state index in [1.807, 2.05) is 18.2 Å². The number of benzene rings is 1. The van der Waals surface area contributed by atoms with Gasteiger partial charge in [0, 0.05) is 28.4 Å². The van der Waals surface area contributed by atoms with Crippen molar-refractivity contribution in [2.45, 2.75) is 19.3 Å². The summed E-state index contributed by atoms with van der Waals surface area (Å²) in [5.74, 6) is 1.73. The lowest BCUT2D eigenvalue weighted by molar-refractivity contribution is 0.112. The first-order chi connectivity index (χ1) is 13.3. The lowest BCUT2D eigenvalue weighted by Gasteiger charge is -2.09. The Hall–Kier alpha value is -3.12. The minimum atomic E-state index is 0.543. The second kappa shape index (κ2) is 6.55. The largest absolute Gasteiger partial charge is 0.438 e. The van der Waals surface area contributed by atoms with Gasteiger partial charge in [0.2, 0.25) is 5.88 Å². The van der Waals surface area contributed by atoms with Crippen molar-refractivity contribution in [2.75, 3.05) is 0 Å². The van der Waals surface area contributed by atoms with Crippen molar-refractivity contribution in [2.24, 2.45) is 0 Å². The van der Waals surface area contributed by atoms with E-state index in [9.17, 15) is 4.79 Å². The number of fused-ring (bicyclic) bond motifs is 3. The Morgan fingerprint density at radius 3 is 2.93 bits per heavy atom. The quantitative estimate of drug-likeness (QED) is 0.479. The number of carbonyl (C=O) groups is 1. The number of thiophene rings is 1. The van der Waals surface area contributed by atoms with Gasteiger partial charge < -0.3 is 4.74 Å². The molecule has 1 aliphatic rings. The van der Waals surface area contributed by atoms with Gasteiger partial charge in [-0.25, -0.2) is 4.98 Å². The molecule has 0 aliphatic heterocycles. The Kier molecular flexibility index (Phi) is 3.90. The standard InChI is InChI=1S/C21H15N3O2S/c25-12-13-4-1-6-15(10-13)26-20-18-16-7-2-8-17(16)27-21(18)24-19(23-20)14-5-3-9-22-11-14/h1,3-6,9-12H,2,7-8H2. The monoisotopic (exact) mass is 373 g/mol. The van der Waals surface area contributed by atoms with Crippen molar-refractivity contribution in [3.8, 4) is 23.0 Å². The SMILES string of the molecule is O=Cc1cccc(Oc2nc(-c3cccnc3)nc3sc4c(c23)CCC4)c1. The van der Waals surface area contributed by atoms with Crippen LogP contribution in [0, 0.1) is 0 Å². The predicted octanol–water partition coefficient (Wildman–Crippen LogP) is 4.85. The lowest BCUT2D eigenvalue weighted by atomic mass is 10.2. The van der Waals surface area contributed by atoms with E-state index in [2.05, 4.69) is 4.98 Å². The van der Waals surface area contributed by atoms with Crippen LogP contribution in [0.3, 0.4) is 0 Å². The van der Waals surface area contributed by atoms with E-state index in [0.29, 0.717) is 23.0 Å². The van der Waals surface area contributed by atoms with E-state index < -0.39 is 0 Å². The maximum Gasteiger partial charge on any atom is 0.231 e. The predicted molar refractivity (Wildman–Crippen MR) is 105 cm³/mol. The number of carbonyl (C=O) groups excluding carboxylic acids is 1. The van der Waals surface area contributed by atoms with Gasteiger partial charge in [-0.3, -0.25) is 9.78 Å². The average Bonchev–Trinajstić information content (AvgIpc) is 3.29. The first kappa shape index (κ1) is 16.1. The smallest absolute Gasteiger partial charge is 0.231 e. The molecule has 0 unspecified atom stereocenters. The number of pyridine rings is 1. The minimum absolute atomic E-state index is 0.543. The van der Waals surface area contributed by atoms with Crippen LogP contribution in [-0.4, -0.2) is 21.2 Å². The molecule has 0 N–H and O–H groups in total. The zero-order chi connectivity index (χ0) is 18.2. The van der Waals surface area contributed by atoms with E-state index in [1.165, 1.54) is 10.4 Å². The summed E-state index contributed by atoms with van der Waals surface area (Å²) in [5.41, 5.74) is 2.72. The Bertz CT molecular complexity index is 1160. The van der Waals surface area contributed by atoms with Gasteiger partial charge in [0.25, 0.3) is 0 Å². The summed E-state index contributed by atoms with van der Waals surface area (Å²) in [6.45, 7) is 0. The summed E-state index contributed by atoms with van der Waals surface area (Å²) in [6.07, 6.45) is 7.55. The molecule has 132 valence electrons. The highest BCUT2D eigenvalue weighted by atomic mass is 32.1. The van der Waals surface area contributed by atoms with Gasteiger partial charge in [-0.05, 0) is 49.1 Å².